The van der Waals surface area contributed by atoms with Crippen molar-refractivity contribution in [2.75, 3.05) is 5.75 Å². The first-order valence-electron chi connectivity index (χ1n) is 11.0. The second kappa shape index (κ2) is 13.8. The fourth-order valence-electron chi connectivity index (χ4n) is 3.20. The van der Waals surface area contributed by atoms with Crippen molar-refractivity contribution in [3.05, 3.63) is 48.0 Å². The van der Waals surface area contributed by atoms with Crippen LogP contribution in [-0.2, 0) is 36.8 Å². The second-order valence-electron chi connectivity index (χ2n) is 8.06. The molecule has 14 nitrogen and oxygen atoms in total. The van der Waals surface area contributed by atoms with Gasteiger partial charge in [-0.15, -0.1) is 0 Å². The van der Waals surface area contributed by atoms with E-state index in [0.717, 1.165) is 0 Å². The van der Waals surface area contributed by atoms with Gasteiger partial charge in [0.25, 0.3) is 0 Å². The van der Waals surface area contributed by atoms with Crippen LogP contribution < -0.4 is 21.7 Å². The number of carbonyl (C=O) groups is 5. The quantitative estimate of drug-likeness (QED) is 0.122. The number of carbonyl (C=O) groups excluding carboxylic acids is 3. The number of aliphatic carboxylic acids is 2. The van der Waals surface area contributed by atoms with Gasteiger partial charge in [0, 0.05) is 24.1 Å². The van der Waals surface area contributed by atoms with Crippen LogP contribution in [0.25, 0.3) is 0 Å². The Labute approximate surface area is 216 Å². The van der Waals surface area contributed by atoms with Crippen LogP contribution in [0.4, 0.5) is 0 Å². The smallest absolute Gasteiger partial charge is 0.327 e. The largest absolute Gasteiger partial charge is 0.508 e. The maximum absolute atomic E-state index is 13.0. The standard InChI is InChI=1S/C22H28N6O8S/c23-14(5-11-1-3-13(29)4-2-11)19(32)26-16(7-18(30)31)21(34)27-15(6-12-8-24-10-25-12)20(33)28-17(9-37)22(35)36/h1-4,8,10,14-17,29,37H,5-7,9,23H2,(H,24,25)(H,26,32)(H,27,34)(H,28,33)(H,30,31)(H,35,36). The molecule has 0 saturated heterocycles. The lowest BCUT2D eigenvalue weighted by molar-refractivity contribution is -0.142. The highest BCUT2D eigenvalue weighted by Gasteiger charge is 2.31. The molecule has 2 aromatic rings. The third-order valence-electron chi connectivity index (χ3n) is 5.15. The van der Waals surface area contributed by atoms with Crippen molar-refractivity contribution in [1.82, 2.24) is 25.9 Å². The summed E-state index contributed by atoms with van der Waals surface area (Å²) in [6.07, 6.45) is 1.82. The van der Waals surface area contributed by atoms with Gasteiger partial charge in [0.2, 0.25) is 17.7 Å². The number of aromatic hydroxyl groups is 1. The molecular weight excluding hydrogens is 508 g/mol. The van der Waals surface area contributed by atoms with Crippen LogP contribution in [0.3, 0.4) is 0 Å². The number of carboxylic acid groups (broad SMARTS) is 2. The summed E-state index contributed by atoms with van der Waals surface area (Å²) in [5.74, 6) is -5.61. The van der Waals surface area contributed by atoms with Crippen LogP contribution in [0.15, 0.2) is 36.8 Å². The molecule has 1 aromatic carbocycles. The highest BCUT2D eigenvalue weighted by molar-refractivity contribution is 7.80. The third kappa shape index (κ3) is 9.46. The Kier molecular flexibility index (Phi) is 10.9. The Morgan fingerprint density at radius 2 is 1.51 bits per heavy atom. The van der Waals surface area contributed by atoms with Gasteiger partial charge in [-0.05, 0) is 24.1 Å². The van der Waals surface area contributed by atoms with E-state index in [-0.39, 0.29) is 24.3 Å². The molecule has 0 aliphatic heterocycles. The number of thiol groups is 1. The first-order chi connectivity index (χ1) is 17.5. The third-order valence-corrected chi connectivity index (χ3v) is 5.51. The van der Waals surface area contributed by atoms with Crippen LogP contribution >= 0.6 is 12.6 Å². The molecule has 9 N–H and O–H groups in total. The monoisotopic (exact) mass is 536 g/mol. The molecule has 3 amide bonds. The Balaban J connectivity index is 2.15. The molecule has 4 unspecified atom stereocenters. The number of amides is 3. The van der Waals surface area contributed by atoms with E-state index in [9.17, 15) is 39.3 Å². The van der Waals surface area contributed by atoms with Crippen molar-refractivity contribution >= 4 is 42.3 Å². The minimum atomic E-state index is -1.59. The van der Waals surface area contributed by atoms with E-state index >= 15 is 0 Å². The molecule has 15 heteroatoms. The van der Waals surface area contributed by atoms with Crippen molar-refractivity contribution in [3.8, 4) is 5.75 Å². The average molecular weight is 537 g/mol. The van der Waals surface area contributed by atoms with Crippen molar-refractivity contribution in [3.63, 3.8) is 0 Å². The van der Waals surface area contributed by atoms with Crippen molar-refractivity contribution in [1.29, 1.82) is 0 Å². The Morgan fingerprint density at radius 3 is 2.05 bits per heavy atom. The molecule has 0 bridgehead atoms. The molecule has 200 valence electrons. The fourth-order valence-corrected chi connectivity index (χ4v) is 3.44. The van der Waals surface area contributed by atoms with Crippen LogP contribution in [0.2, 0.25) is 0 Å². The molecule has 0 aliphatic rings. The second-order valence-corrected chi connectivity index (χ2v) is 8.43. The normalized spacial score (nSPS) is 14.0. The SMILES string of the molecule is NC(Cc1ccc(O)cc1)C(=O)NC(CC(=O)O)C(=O)NC(Cc1cnc[nH]1)C(=O)NC(CS)C(=O)O. The lowest BCUT2D eigenvalue weighted by Gasteiger charge is -2.24. The van der Waals surface area contributed by atoms with E-state index in [1.165, 1.54) is 24.7 Å². The zero-order valence-corrected chi connectivity index (χ0v) is 20.4. The number of aromatic nitrogens is 2. The van der Waals surface area contributed by atoms with E-state index in [1.807, 2.05) is 0 Å². The summed E-state index contributed by atoms with van der Waals surface area (Å²) in [6.45, 7) is 0. The first kappa shape index (κ1) is 29.1. The molecule has 0 aliphatic carbocycles. The Hall–Kier alpha value is -4.11. The molecule has 1 aromatic heterocycles. The van der Waals surface area contributed by atoms with Crippen molar-refractivity contribution < 1.29 is 39.3 Å². The number of hydrogen-bond donors (Lipinski definition) is 9. The summed E-state index contributed by atoms with van der Waals surface area (Å²) in [4.78, 5) is 67.6. The number of nitrogens with two attached hydrogens (primary N) is 1. The number of H-pyrrole nitrogens is 1. The van der Waals surface area contributed by atoms with Crippen LogP contribution in [0.1, 0.15) is 17.7 Å². The van der Waals surface area contributed by atoms with Crippen LogP contribution in [-0.4, -0.2) is 84.9 Å². The van der Waals surface area contributed by atoms with Gasteiger partial charge < -0.3 is 42.0 Å². The lowest BCUT2D eigenvalue weighted by atomic mass is 10.0. The number of benzene rings is 1. The maximum atomic E-state index is 13.0. The van der Waals surface area contributed by atoms with Gasteiger partial charge in [0.15, 0.2) is 0 Å². The van der Waals surface area contributed by atoms with E-state index in [2.05, 4.69) is 38.5 Å². The van der Waals surface area contributed by atoms with E-state index in [0.29, 0.717) is 11.3 Å². The molecule has 0 radical (unpaired) electrons. The zero-order valence-electron chi connectivity index (χ0n) is 19.5. The summed E-state index contributed by atoms with van der Waals surface area (Å²) < 4.78 is 0. The molecule has 1 heterocycles. The molecule has 4 atom stereocenters. The fraction of sp³-hybridized carbons (Fsp3) is 0.364. The number of phenolic OH excluding ortho intramolecular Hbond substituents is 1. The highest BCUT2D eigenvalue weighted by Crippen LogP contribution is 2.11. The number of nitrogens with one attached hydrogen (secondary N) is 4. The summed E-state index contributed by atoms with van der Waals surface area (Å²) in [7, 11) is 0. The maximum Gasteiger partial charge on any atom is 0.327 e. The number of phenols is 1. The highest BCUT2D eigenvalue weighted by atomic mass is 32.1. The summed E-state index contributed by atoms with van der Waals surface area (Å²) in [5.41, 5.74) is 6.96. The van der Waals surface area contributed by atoms with Crippen LogP contribution in [0, 0.1) is 0 Å². The van der Waals surface area contributed by atoms with E-state index in [4.69, 9.17) is 5.73 Å². The Morgan fingerprint density at radius 1 is 0.919 bits per heavy atom. The predicted molar refractivity (Wildman–Crippen MR) is 132 cm³/mol. The molecule has 0 spiro atoms. The predicted octanol–water partition coefficient (Wildman–Crippen LogP) is -1.83. The number of carboxylic acids is 2. The van der Waals surface area contributed by atoms with Crippen molar-refractivity contribution in [2.24, 2.45) is 5.73 Å². The van der Waals surface area contributed by atoms with Gasteiger partial charge in [0.1, 0.15) is 23.9 Å². The molecule has 0 fully saturated rings. The minimum Gasteiger partial charge on any atom is -0.508 e. The number of rotatable bonds is 14. The minimum absolute atomic E-state index is 0.0257. The summed E-state index contributed by atoms with van der Waals surface area (Å²) in [6, 6.07) is 0.508. The zero-order chi connectivity index (χ0) is 27.5. The summed E-state index contributed by atoms with van der Waals surface area (Å²) >= 11 is 3.89. The van der Waals surface area contributed by atoms with Gasteiger partial charge >= 0.3 is 11.9 Å². The number of imidazole rings is 1. The van der Waals surface area contributed by atoms with Gasteiger partial charge in [-0.2, -0.15) is 12.6 Å². The number of hydrogen-bond acceptors (Lipinski definition) is 9. The van der Waals surface area contributed by atoms with Gasteiger partial charge in [0.05, 0.1) is 18.8 Å². The molecule has 0 saturated carbocycles. The molecule has 37 heavy (non-hydrogen) atoms. The van der Waals surface area contributed by atoms with E-state index < -0.39 is 60.2 Å². The topological polar surface area (TPSA) is 237 Å². The van der Waals surface area contributed by atoms with E-state index in [1.54, 1.807) is 12.1 Å². The van der Waals surface area contributed by atoms with Gasteiger partial charge in [-0.1, -0.05) is 12.1 Å². The molecular formula is C22H28N6O8S. The van der Waals surface area contributed by atoms with Gasteiger partial charge in [-0.25, -0.2) is 9.78 Å². The van der Waals surface area contributed by atoms with Crippen LogP contribution in [0.5, 0.6) is 5.75 Å². The first-order valence-corrected chi connectivity index (χ1v) is 11.6. The lowest BCUT2D eigenvalue weighted by Crippen LogP contribution is -2.58. The van der Waals surface area contributed by atoms with Crippen molar-refractivity contribution in [2.45, 2.75) is 43.4 Å². The number of nitrogens with zero attached hydrogens (tertiary/aromatic N) is 1. The Bertz CT molecular complexity index is 1100. The summed E-state index contributed by atoms with van der Waals surface area (Å²) in [5, 5.41) is 34.7. The average Bonchev–Trinajstić information content (AvgIpc) is 3.35. The molecule has 2 rings (SSSR count). The number of aromatic amines is 1. The van der Waals surface area contributed by atoms with Gasteiger partial charge in [-0.3, -0.25) is 19.2 Å².